The first kappa shape index (κ1) is 14.2. The second-order valence-corrected chi connectivity index (χ2v) is 5.57. The van der Waals surface area contributed by atoms with Gasteiger partial charge < -0.3 is 9.73 Å². The van der Waals surface area contributed by atoms with E-state index in [9.17, 15) is 8.42 Å². The number of rotatable bonds is 7. The second kappa shape index (κ2) is 6.18. The molecule has 5 nitrogen and oxygen atoms in total. The fraction of sp³-hybridized carbons (Fsp3) is 0.636. The van der Waals surface area contributed by atoms with E-state index >= 15 is 0 Å². The summed E-state index contributed by atoms with van der Waals surface area (Å²) < 4.78 is 27.1. The van der Waals surface area contributed by atoms with Crippen molar-refractivity contribution in [2.45, 2.75) is 38.3 Å². The molecule has 0 fully saturated rings. The maximum atomic E-state index is 11.0. The van der Waals surface area contributed by atoms with Crippen LogP contribution in [0.2, 0.25) is 0 Å². The van der Waals surface area contributed by atoms with Crippen LogP contribution in [0.15, 0.2) is 21.6 Å². The van der Waals surface area contributed by atoms with Crippen molar-refractivity contribution in [2.75, 3.05) is 6.54 Å². The molecule has 0 atom stereocenters. The van der Waals surface area contributed by atoms with Crippen molar-refractivity contribution in [1.29, 1.82) is 0 Å². The molecule has 3 N–H and O–H groups in total. The first-order chi connectivity index (χ1) is 7.97. The van der Waals surface area contributed by atoms with Gasteiger partial charge in [0.15, 0.2) is 0 Å². The Bertz CT molecular complexity index is 435. The second-order valence-electron chi connectivity index (χ2n) is 4.08. The SMILES string of the molecule is CCC(CC)CNCc1ccc(S(N)(=O)=O)o1. The molecule has 0 aliphatic rings. The lowest BCUT2D eigenvalue weighted by atomic mass is 10.0. The first-order valence-electron chi connectivity index (χ1n) is 5.79. The van der Waals surface area contributed by atoms with Gasteiger partial charge in [-0.05, 0) is 24.6 Å². The monoisotopic (exact) mass is 260 g/mol. The topological polar surface area (TPSA) is 85.3 Å². The van der Waals surface area contributed by atoms with Crippen LogP contribution in [0, 0.1) is 5.92 Å². The van der Waals surface area contributed by atoms with E-state index in [1.165, 1.54) is 6.07 Å². The summed E-state index contributed by atoms with van der Waals surface area (Å²) in [5.41, 5.74) is 0. The number of nitrogens with two attached hydrogens (primary N) is 1. The highest BCUT2D eigenvalue weighted by Gasteiger charge is 2.13. The van der Waals surface area contributed by atoms with E-state index in [1.54, 1.807) is 6.07 Å². The zero-order chi connectivity index (χ0) is 12.9. The van der Waals surface area contributed by atoms with Crippen molar-refractivity contribution >= 4 is 10.0 Å². The van der Waals surface area contributed by atoms with Crippen LogP contribution in [-0.2, 0) is 16.6 Å². The van der Waals surface area contributed by atoms with Crippen molar-refractivity contribution in [3.63, 3.8) is 0 Å². The van der Waals surface area contributed by atoms with Crippen molar-refractivity contribution in [3.05, 3.63) is 17.9 Å². The van der Waals surface area contributed by atoms with Gasteiger partial charge in [0.05, 0.1) is 6.54 Å². The fourth-order valence-corrected chi connectivity index (χ4v) is 2.06. The molecule has 0 aliphatic heterocycles. The first-order valence-corrected chi connectivity index (χ1v) is 7.34. The molecule has 98 valence electrons. The molecule has 1 heterocycles. The van der Waals surface area contributed by atoms with Gasteiger partial charge in [0.2, 0.25) is 5.09 Å². The highest BCUT2D eigenvalue weighted by atomic mass is 32.2. The van der Waals surface area contributed by atoms with Crippen molar-refractivity contribution in [1.82, 2.24) is 5.32 Å². The molecule has 1 rings (SSSR count). The standard InChI is InChI=1S/C11H20N2O3S/c1-3-9(4-2)7-13-8-10-5-6-11(16-10)17(12,14)15/h5-6,9,13H,3-4,7-8H2,1-2H3,(H2,12,14,15). The molecule has 0 amide bonds. The summed E-state index contributed by atoms with van der Waals surface area (Å²) in [4.78, 5) is 0. The van der Waals surface area contributed by atoms with Gasteiger partial charge in [0, 0.05) is 0 Å². The van der Waals surface area contributed by atoms with Crippen LogP contribution in [-0.4, -0.2) is 15.0 Å². The van der Waals surface area contributed by atoms with Crippen molar-refractivity contribution in [2.24, 2.45) is 11.1 Å². The van der Waals surface area contributed by atoms with Crippen molar-refractivity contribution < 1.29 is 12.8 Å². The third kappa shape index (κ3) is 4.49. The molecule has 0 bridgehead atoms. The summed E-state index contributed by atoms with van der Waals surface area (Å²) in [7, 11) is -3.73. The molecule has 17 heavy (non-hydrogen) atoms. The van der Waals surface area contributed by atoms with Gasteiger partial charge in [-0.3, -0.25) is 0 Å². The van der Waals surface area contributed by atoms with Crippen LogP contribution in [0.4, 0.5) is 0 Å². The number of furan rings is 1. The van der Waals surface area contributed by atoms with E-state index < -0.39 is 10.0 Å². The van der Waals surface area contributed by atoms with E-state index in [0.29, 0.717) is 18.2 Å². The largest absolute Gasteiger partial charge is 0.447 e. The zero-order valence-corrected chi connectivity index (χ0v) is 11.1. The molecule has 0 aromatic carbocycles. The molecule has 0 saturated carbocycles. The summed E-state index contributed by atoms with van der Waals surface area (Å²) in [5.74, 6) is 1.22. The minimum absolute atomic E-state index is 0.183. The lowest BCUT2D eigenvalue weighted by Crippen LogP contribution is -2.21. The van der Waals surface area contributed by atoms with Gasteiger partial charge in [-0.2, -0.15) is 0 Å². The summed E-state index contributed by atoms with van der Waals surface area (Å²) >= 11 is 0. The van der Waals surface area contributed by atoms with Gasteiger partial charge in [0.25, 0.3) is 10.0 Å². The van der Waals surface area contributed by atoms with Gasteiger partial charge in [-0.15, -0.1) is 0 Å². The predicted octanol–water partition coefficient (Wildman–Crippen LogP) is 1.45. The molecule has 0 spiro atoms. The lowest BCUT2D eigenvalue weighted by molar-refractivity contribution is 0.385. The van der Waals surface area contributed by atoms with Gasteiger partial charge >= 0.3 is 0 Å². The Morgan fingerprint density at radius 2 is 2.00 bits per heavy atom. The van der Waals surface area contributed by atoms with Crippen LogP contribution in [0.25, 0.3) is 0 Å². The molecule has 0 saturated heterocycles. The third-order valence-electron chi connectivity index (χ3n) is 2.80. The third-order valence-corrected chi connectivity index (χ3v) is 3.58. The molecule has 1 aromatic heterocycles. The van der Waals surface area contributed by atoms with Gasteiger partial charge in [0.1, 0.15) is 5.76 Å². The van der Waals surface area contributed by atoms with Crippen LogP contribution in [0.3, 0.4) is 0 Å². The smallest absolute Gasteiger partial charge is 0.271 e. The quantitative estimate of drug-likeness (QED) is 0.777. The zero-order valence-electron chi connectivity index (χ0n) is 10.3. The molecule has 1 aromatic rings. The highest BCUT2D eigenvalue weighted by molar-refractivity contribution is 7.89. The van der Waals surface area contributed by atoms with Crippen LogP contribution in [0.1, 0.15) is 32.4 Å². The maximum Gasteiger partial charge on any atom is 0.271 e. The van der Waals surface area contributed by atoms with E-state index in [-0.39, 0.29) is 5.09 Å². The lowest BCUT2D eigenvalue weighted by Gasteiger charge is -2.12. The summed E-state index contributed by atoms with van der Waals surface area (Å²) in [5, 5.41) is 8.00. The average Bonchev–Trinajstić information content (AvgIpc) is 2.73. The van der Waals surface area contributed by atoms with Gasteiger partial charge in [-0.25, -0.2) is 13.6 Å². The highest BCUT2D eigenvalue weighted by Crippen LogP contribution is 2.12. The van der Waals surface area contributed by atoms with E-state index in [2.05, 4.69) is 19.2 Å². The van der Waals surface area contributed by atoms with Crippen LogP contribution < -0.4 is 10.5 Å². The Morgan fingerprint density at radius 1 is 1.35 bits per heavy atom. The summed E-state index contributed by atoms with van der Waals surface area (Å²) in [6, 6.07) is 3.00. The molecular weight excluding hydrogens is 240 g/mol. The Hall–Kier alpha value is -0.850. The molecule has 0 radical (unpaired) electrons. The molecule has 0 aliphatic carbocycles. The average molecular weight is 260 g/mol. The normalized spacial score (nSPS) is 12.2. The maximum absolute atomic E-state index is 11.0. The van der Waals surface area contributed by atoms with Crippen LogP contribution >= 0.6 is 0 Å². The van der Waals surface area contributed by atoms with E-state index in [4.69, 9.17) is 9.56 Å². The Morgan fingerprint density at radius 3 is 2.47 bits per heavy atom. The minimum Gasteiger partial charge on any atom is -0.447 e. The summed E-state index contributed by atoms with van der Waals surface area (Å²) in [6.07, 6.45) is 2.26. The molecular formula is C11H20N2O3S. The number of hydrogen-bond donors (Lipinski definition) is 2. The fourth-order valence-electron chi connectivity index (χ4n) is 1.58. The Balaban J connectivity index is 2.46. The Labute approximate surface area is 102 Å². The number of nitrogens with one attached hydrogen (secondary N) is 1. The number of sulfonamides is 1. The molecule has 0 unspecified atom stereocenters. The van der Waals surface area contributed by atoms with E-state index in [0.717, 1.165) is 19.4 Å². The summed E-state index contributed by atoms with van der Waals surface area (Å²) in [6.45, 7) is 5.73. The van der Waals surface area contributed by atoms with E-state index in [1.807, 2.05) is 0 Å². The number of hydrogen-bond acceptors (Lipinski definition) is 4. The van der Waals surface area contributed by atoms with Crippen LogP contribution in [0.5, 0.6) is 0 Å². The minimum atomic E-state index is -3.73. The van der Waals surface area contributed by atoms with Crippen molar-refractivity contribution in [3.8, 4) is 0 Å². The Kier molecular flexibility index (Phi) is 5.17. The predicted molar refractivity (Wildman–Crippen MR) is 65.9 cm³/mol. The number of primary sulfonamides is 1. The van der Waals surface area contributed by atoms with Gasteiger partial charge in [-0.1, -0.05) is 26.7 Å². The molecule has 6 heteroatoms.